The Hall–Kier alpha value is -2.32. The fraction of sp³-hybridized carbons (Fsp3) is 0.250. The molecule has 21 heavy (non-hydrogen) atoms. The van der Waals surface area contributed by atoms with Gasteiger partial charge in [0, 0.05) is 11.6 Å². The highest BCUT2D eigenvalue weighted by molar-refractivity contribution is 6.31. The van der Waals surface area contributed by atoms with Crippen molar-refractivity contribution in [2.75, 3.05) is 18.9 Å². The first kappa shape index (κ1) is 15.1. The van der Waals surface area contributed by atoms with Crippen molar-refractivity contribution in [1.29, 1.82) is 0 Å². The number of H-pyrrole nitrogens is 1. The smallest absolute Gasteiger partial charge is 0.255 e. The Morgan fingerprint density at radius 3 is 2.95 bits per heavy atom. The summed E-state index contributed by atoms with van der Waals surface area (Å²) in [7, 11) is 0. The third kappa shape index (κ3) is 4.07. The van der Waals surface area contributed by atoms with Crippen LogP contribution >= 0.6 is 11.6 Å². The van der Waals surface area contributed by atoms with Crippen LogP contribution in [0.4, 0.5) is 5.95 Å². The van der Waals surface area contributed by atoms with E-state index in [0.717, 1.165) is 0 Å². The van der Waals surface area contributed by atoms with Crippen molar-refractivity contribution < 1.29 is 9.53 Å². The maximum atomic E-state index is 12.2. The number of hydrogen-bond donors (Lipinski definition) is 4. The fourth-order valence-electron chi connectivity index (χ4n) is 1.62. The number of ether oxygens (including phenoxy) is 1. The number of halogens is 1. The predicted molar refractivity (Wildman–Crippen MR) is 78.0 cm³/mol. The van der Waals surface area contributed by atoms with E-state index in [2.05, 4.69) is 20.5 Å². The van der Waals surface area contributed by atoms with Gasteiger partial charge in [-0.05, 0) is 18.2 Å². The molecule has 0 aliphatic carbocycles. The summed E-state index contributed by atoms with van der Waals surface area (Å²) < 4.78 is 5.42. The molecule has 0 saturated carbocycles. The highest BCUT2D eigenvalue weighted by Crippen LogP contribution is 2.22. The quantitative estimate of drug-likeness (QED) is 0.607. The average molecular weight is 311 g/mol. The van der Waals surface area contributed by atoms with Crippen molar-refractivity contribution in [3.8, 4) is 5.75 Å². The highest BCUT2D eigenvalue weighted by Gasteiger charge is 2.14. The van der Waals surface area contributed by atoms with Crippen molar-refractivity contribution in [3.05, 3.63) is 34.6 Å². The Morgan fingerprint density at radius 2 is 2.29 bits per heavy atom. The predicted octanol–water partition coefficient (Wildman–Crippen LogP) is 0.308. The molecule has 0 atom stereocenters. The van der Waals surface area contributed by atoms with Gasteiger partial charge in [-0.3, -0.25) is 9.89 Å². The first-order valence-electron chi connectivity index (χ1n) is 6.17. The lowest BCUT2D eigenvalue weighted by molar-refractivity contribution is 0.0946. The van der Waals surface area contributed by atoms with E-state index in [0.29, 0.717) is 35.3 Å². The van der Waals surface area contributed by atoms with Gasteiger partial charge in [0.05, 0.1) is 12.1 Å². The van der Waals surface area contributed by atoms with Gasteiger partial charge >= 0.3 is 0 Å². The average Bonchev–Trinajstić information content (AvgIpc) is 2.89. The van der Waals surface area contributed by atoms with E-state index < -0.39 is 0 Å². The number of nitrogens with zero attached hydrogens (tertiary/aromatic N) is 2. The van der Waals surface area contributed by atoms with Gasteiger partial charge in [0.2, 0.25) is 5.95 Å². The monoisotopic (exact) mass is 310 g/mol. The van der Waals surface area contributed by atoms with E-state index in [9.17, 15) is 4.79 Å². The summed E-state index contributed by atoms with van der Waals surface area (Å²) in [5.41, 5.74) is 11.1. The largest absolute Gasteiger partial charge is 0.491 e. The zero-order valence-corrected chi connectivity index (χ0v) is 11.9. The van der Waals surface area contributed by atoms with E-state index in [1.165, 1.54) is 6.07 Å². The zero-order chi connectivity index (χ0) is 15.2. The van der Waals surface area contributed by atoms with E-state index >= 15 is 0 Å². The van der Waals surface area contributed by atoms with Gasteiger partial charge < -0.3 is 21.5 Å². The lowest BCUT2D eigenvalue weighted by Crippen LogP contribution is -2.24. The van der Waals surface area contributed by atoms with Gasteiger partial charge in [-0.2, -0.15) is 4.98 Å². The lowest BCUT2D eigenvalue weighted by Gasteiger charge is -2.11. The second-order valence-electron chi connectivity index (χ2n) is 4.10. The van der Waals surface area contributed by atoms with Crippen LogP contribution in [0.25, 0.3) is 0 Å². The van der Waals surface area contributed by atoms with E-state index in [-0.39, 0.29) is 18.4 Å². The van der Waals surface area contributed by atoms with Gasteiger partial charge in [0.15, 0.2) is 0 Å². The Bertz CT molecular complexity index is 630. The molecule has 0 spiro atoms. The molecule has 0 aliphatic heterocycles. The van der Waals surface area contributed by atoms with Crippen LogP contribution in [0, 0.1) is 0 Å². The third-order valence-electron chi connectivity index (χ3n) is 2.53. The Kier molecular flexibility index (Phi) is 4.96. The molecule has 8 nitrogen and oxygen atoms in total. The number of amides is 1. The van der Waals surface area contributed by atoms with Crippen molar-refractivity contribution >= 4 is 23.5 Å². The number of hydrogen-bond acceptors (Lipinski definition) is 6. The summed E-state index contributed by atoms with van der Waals surface area (Å²) in [4.78, 5) is 16.1. The second kappa shape index (κ2) is 6.91. The number of carbonyl (C=O) groups excluding carboxylic acids is 1. The van der Waals surface area contributed by atoms with E-state index in [1.807, 2.05) is 0 Å². The molecule has 0 unspecified atom stereocenters. The Balaban J connectivity index is 2.08. The van der Waals surface area contributed by atoms with Crippen LogP contribution in [0.5, 0.6) is 5.75 Å². The minimum atomic E-state index is -0.348. The van der Waals surface area contributed by atoms with Crippen LogP contribution in [0.3, 0.4) is 0 Å². The summed E-state index contributed by atoms with van der Waals surface area (Å²) >= 11 is 5.91. The number of aromatic amines is 1. The Labute approximate surface area is 125 Å². The first-order chi connectivity index (χ1) is 10.1. The number of nitrogen functional groups attached to an aromatic ring is 1. The van der Waals surface area contributed by atoms with Crippen LogP contribution in [0.15, 0.2) is 18.2 Å². The maximum Gasteiger partial charge on any atom is 0.255 e. The van der Waals surface area contributed by atoms with Gasteiger partial charge in [-0.1, -0.05) is 11.6 Å². The van der Waals surface area contributed by atoms with E-state index in [1.54, 1.807) is 12.1 Å². The summed E-state index contributed by atoms with van der Waals surface area (Å²) in [5.74, 6) is 0.639. The molecule has 2 aromatic rings. The molecule has 1 aromatic heterocycles. The highest BCUT2D eigenvalue weighted by atomic mass is 35.5. The molecule has 0 bridgehead atoms. The van der Waals surface area contributed by atoms with Crippen LogP contribution in [-0.4, -0.2) is 34.2 Å². The van der Waals surface area contributed by atoms with Crippen LogP contribution in [-0.2, 0) is 6.54 Å². The standard InChI is InChI=1S/C12H15ClN6O2/c13-7-1-2-9(21-4-3-14)8(5-7)11(20)16-6-10-17-12(15)19-18-10/h1-2,5H,3-4,6,14H2,(H,16,20)(H3,15,17,18,19). The van der Waals surface area contributed by atoms with Gasteiger partial charge in [-0.25, -0.2) is 0 Å². The molecule has 1 heterocycles. The number of carbonyl (C=O) groups is 1. The van der Waals surface area contributed by atoms with Crippen molar-refractivity contribution in [1.82, 2.24) is 20.5 Å². The van der Waals surface area contributed by atoms with Crippen molar-refractivity contribution in [2.24, 2.45) is 5.73 Å². The molecule has 112 valence electrons. The maximum absolute atomic E-state index is 12.2. The number of aromatic nitrogens is 3. The SMILES string of the molecule is NCCOc1ccc(Cl)cc1C(=O)NCc1nc(N)n[nH]1. The fourth-order valence-corrected chi connectivity index (χ4v) is 1.79. The van der Waals surface area contributed by atoms with Crippen LogP contribution in [0.2, 0.25) is 5.02 Å². The second-order valence-corrected chi connectivity index (χ2v) is 4.54. The molecule has 2 rings (SSSR count). The molecule has 9 heteroatoms. The summed E-state index contributed by atoms with van der Waals surface area (Å²) in [5, 5.41) is 9.38. The van der Waals surface area contributed by atoms with Crippen LogP contribution < -0.4 is 21.5 Å². The number of anilines is 1. The molecule has 0 radical (unpaired) electrons. The topological polar surface area (TPSA) is 132 Å². The first-order valence-corrected chi connectivity index (χ1v) is 6.55. The molecule has 6 N–H and O–H groups in total. The summed E-state index contributed by atoms with van der Waals surface area (Å²) in [6, 6.07) is 4.79. The lowest BCUT2D eigenvalue weighted by atomic mass is 10.2. The summed E-state index contributed by atoms with van der Waals surface area (Å²) in [6.45, 7) is 0.813. The number of rotatable bonds is 6. The minimum Gasteiger partial charge on any atom is -0.491 e. The number of nitrogens with two attached hydrogens (primary N) is 2. The van der Waals surface area contributed by atoms with Crippen LogP contribution in [0.1, 0.15) is 16.2 Å². The van der Waals surface area contributed by atoms with E-state index in [4.69, 9.17) is 27.8 Å². The van der Waals surface area contributed by atoms with Crippen molar-refractivity contribution in [3.63, 3.8) is 0 Å². The third-order valence-corrected chi connectivity index (χ3v) is 2.76. The normalized spacial score (nSPS) is 10.4. The van der Waals surface area contributed by atoms with Gasteiger partial charge in [-0.15, -0.1) is 5.10 Å². The molecular weight excluding hydrogens is 296 g/mol. The van der Waals surface area contributed by atoms with Gasteiger partial charge in [0.25, 0.3) is 5.91 Å². The molecule has 0 aliphatic rings. The minimum absolute atomic E-state index is 0.119. The molecule has 0 fully saturated rings. The number of nitrogens with one attached hydrogen (secondary N) is 2. The van der Waals surface area contributed by atoms with Gasteiger partial charge in [0.1, 0.15) is 18.2 Å². The zero-order valence-electron chi connectivity index (χ0n) is 11.1. The Morgan fingerprint density at radius 1 is 1.48 bits per heavy atom. The molecular formula is C12H15ClN6O2. The summed E-state index contributed by atoms with van der Waals surface area (Å²) in [6.07, 6.45) is 0. The molecule has 0 saturated heterocycles. The van der Waals surface area contributed by atoms with Crippen molar-refractivity contribution in [2.45, 2.75) is 6.54 Å². The number of benzene rings is 1. The molecule has 1 aromatic carbocycles. The molecule has 1 amide bonds.